The number of aryl methyl sites for hydroxylation is 1. The van der Waals surface area contributed by atoms with Gasteiger partial charge in [-0.2, -0.15) is 0 Å². The lowest BCUT2D eigenvalue weighted by Crippen LogP contribution is -2.28. The highest BCUT2D eigenvalue weighted by Gasteiger charge is 2.09. The number of nitrogens with zero attached hydrogens (tertiary/aromatic N) is 3. The van der Waals surface area contributed by atoms with Gasteiger partial charge in [0.15, 0.2) is 0 Å². The van der Waals surface area contributed by atoms with Crippen LogP contribution in [-0.2, 0) is 16.6 Å². The summed E-state index contributed by atoms with van der Waals surface area (Å²) in [5.41, 5.74) is 7.37. The van der Waals surface area contributed by atoms with Crippen molar-refractivity contribution in [3.63, 3.8) is 0 Å². The van der Waals surface area contributed by atoms with Gasteiger partial charge in [-0.1, -0.05) is 39.5 Å². The largest absolute Gasteiger partial charge is 0.383 e. The summed E-state index contributed by atoms with van der Waals surface area (Å²) in [7, 11) is 1.87. The minimum atomic E-state index is -0.172. The van der Waals surface area contributed by atoms with E-state index >= 15 is 0 Å². The molecular weight excluding hydrogens is 330 g/mol. The van der Waals surface area contributed by atoms with Crippen LogP contribution in [0.3, 0.4) is 0 Å². The summed E-state index contributed by atoms with van der Waals surface area (Å²) in [5, 5.41) is 3.44. The summed E-state index contributed by atoms with van der Waals surface area (Å²) in [5.74, 6) is 6.70. The number of carbonyl (C=O) groups is 1. The Labute approximate surface area is 155 Å². The van der Waals surface area contributed by atoms with E-state index in [-0.39, 0.29) is 19.1 Å². The number of aromatic nitrogens is 3. The Morgan fingerprint density at radius 1 is 1.38 bits per heavy atom. The van der Waals surface area contributed by atoms with Gasteiger partial charge in [-0.15, -0.1) is 0 Å². The summed E-state index contributed by atoms with van der Waals surface area (Å²) in [6.45, 7) is 9.13. The van der Waals surface area contributed by atoms with Gasteiger partial charge in [-0.05, 0) is 12.3 Å². The van der Waals surface area contributed by atoms with Crippen LogP contribution in [0.25, 0.3) is 11.0 Å². The fraction of sp³-hybridized carbons (Fsp3) is 0.526. The zero-order valence-electron chi connectivity index (χ0n) is 16.3. The van der Waals surface area contributed by atoms with Crippen LogP contribution in [0.4, 0.5) is 5.82 Å². The van der Waals surface area contributed by atoms with Crippen molar-refractivity contribution < 1.29 is 9.53 Å². The number of nitrogens with one attached hydrogen (secondary N) is 1. The standard InChI is InChI=1S/C17H23N5O2.C2H6/c1-12(2)6-8-24-10-14(23)19-7-4-5-13-9-22(3)17-15(13)16(18)20-11-21-17;1-2/h9,11-12H,6-8,10H2,1-3H3,(H,19,23)(H2,18,20,21);1-2H3. The molecule has 0 aliphatic heterocycles. The number of rotatable bonds is 6. The van der Waals surface area contributed by atoms with Gasteiger partial charge in [0.2, 0.25) is 5.91 Å². The van der Waals surface area contributed by atoms with Crippen LogP contribution in [0.15, 0.2) is 12.5 Å². The maximum atomic E-state index is 11.6. The fourth-order valence-electron chi connectivity index (χ4n) is 2.15. The molecule has 0 fully saturated rings. The molecule has 0 saturated carbocycles. The first-order chi connectivity index (χ1) is 12.5. The number of nitrogens with two attached hydrogens (primary N) is 1. The van der Waals surface area contributed by atoms with Crippen LogP contribution in [0, 0.1) is 17.8 Å². The molecule has 2 aromatic heterocycles. The number of nitrogen functional groups attached to an aromatic ring is 1. The van der Waals surface area contributed by atoms with E-state index in [4.69, 9.17) is 10.5 Å². The molecule has 7 nitrogen and oxygen atoms in total. The van der Waals surface area contributed by atoms with Gasteiger partial charge in [0.05, 0.1) is 17.5 Å². The van der Waals surface area contributed by atoms with Gasteiger partial charge >= 0.3 is 0 Å². The van der Waals surface area contributed by atoms with Crippen molar-refractivity contribution in [3.05, 3.63) is 18.1 Å². The van der Waals surface area contributed by atoms with Crippen LogP contribution in [0.2, 0.25) is 0 Å². The Hall–Kier alpha value is -2.59. The van der Waals surface area contributed by atoms with E-state index in [0.717, 1.165) is 23.0 Å². The second-order valence-corrected chi connectivity index (χ2v) is 5.92. The third-order valence-electron chi connectivity index (χ3n) is 3.45. The average molecular weight is 359 g/mol. The normalized spacial score (nSPS) is 10.1. The molecule has 0 unspecified atom stereocenters. The molecule has 2 aromatic rings. The van der Waals surface area contributed by atoms with E-state index in [9.17, 15) is 4.79 Å². The summed E-state index contributed by atoms with van der Waals surface area (Å²) in [4.78, 5) is 19.8. The molecular formula is C19H29N5O2. The number of anilines is 1. The van der Waals surface area contributed by atoms with E-state index in [2.05, 4.69) is 41.0 Å². The minimum absolute atomic E-state index is 0.0590. The summed E-state index contributed by atoms with van der Waals surface area (Å²) < 4.78 is 7.15. The van der Waals surface area contributed by atoms with Crippen LogP contribution in [0.5, 0.6) is 0 Å². The average Bonchev–Trinajstić information content (AvgIpc) is 2.95. The quantitative estimate of drug-likeness (QED) is 0.608. The lowest BCUT2D eigenvalue weighted by atomic mass is 10.1. The minimum Gasteiger partial charge on any atom is -0.383 e. The van der Waals surface area contributed by atoms with E-state index in [1.165, 1.54) is 6.33 Å². The molecule has 0 atom stereocenters. The predicted molar refractivity (Wildman–Crippen MR) is 104 cm³/mol. The van der Waals surface area contributed by atoms with Crippen molar-refractivity contribution >= 4 is 22.8 Å². The van der Waals surface area contributed by atoms with Crippen molar-refractivity contribution in [1.82, 2.24) is 19.9 Å². The Kier molecular flexibility index (Phi) is 9.17. The van der Waals surface area contributed by atoms with Gasteiger partial charge in [0, 0.05) is 19.9 Å². The van der Waals surface area contributed by atoms with Crippen molar-refractivity contribution in [2.24, 2.45) is 13.0 Å². The first-order valence-electron chi connectivity index (χ1n) is 8.88. The van der Waals surface area contributed by atoms with Crippen molar-refractivity contribution in [3.8, 4) is 11.8 Å². The van der Waals surface area contributed by atoms with Gasteiger partial charge in [0.25, 0.3) is 0 Å². The lowest BCUT2D eigenvalue weighted by Gasteiger charge is -2.05. The van der Waals surface area contributed by atoms with E-state index in [1.807, 2.05) is 31.7 Å². The number of hydrogen-bond donors (Lipinski definition) is 2. The number of fused-ring (bicyclic) bond motifs is 1. The van der Waals surface area contributed by atoms with Crippen LogP contribution in [-0.4, -0.2) is 40.2 Å². The topological polar surface area (TPSA) is 95.1 Å². The molecule has 26 heavy (non-hydrogen) atoms. The number of hydrogen-bond acceptors (Lipinski definition) is 5. The maximum absolute atomic E-state index is 11.6. The number of amides is 1. The monoisotopic (exact) mass is 359 g/mol. The van der Waals surface area contributed by atoms with Gasteiger partial charge in [0.1, 0.15) is 24.4 Å². The van der Waals surface area contributed by atoms with Crippen molar-refractivity contribution in [2.45, 2.75) is 34.1 Å². The molecule has 0 aliphatic carbocycles. The molecule has 0 saturated heterocycles. The highest BCUT2D eigenvalue weighted by Crippen LogP contribution is 2.21. The maximum Gasteiger partial charge on any atom is 0.246 e. The van der Waals surface area contributed by atoms with E-state index < -0.39 is 0 Å². The third-order valence-corrected chi connectivity index (χ3v) is 3.45. The molecule has 2 rings (SSSR count). The Bertz CT molecular complexity index is 771. The van der Waals surface area contributed by atoms with Crippen LogP contribution < -0.4 is 11.1 Å². The zero-order chi connectivity index (χ0) is 19.5. The second kappa shape index (κ2) is 11.1. The molecule has 7 heteroatoms. The van der Waals surface area contributed by atoms with Gasteiger partial charge < -0.3 is 20.4 Å². The molecule has 0 radical (unpaired) electrons. The van der Waals surface area contributed by atoms with Crippen LogP contribution in [0.1, 0.15) is 39.7 Å². The second-order valence-electron chi connectivity index (χ2n) is 5.92. The number of ether oxygens (including phenoxy) is 1. The smallest absolute Gasteiger partial charge is 0.246 e. The van der Waals surface area contributed by atoms with Crippen molar-refractivity contribution in [1.29, 1.82) is 0 Å². The molecule has 1 amide bonds. The summed E-state index contributed by atoms with van der Waals surface area (Å²) in [6, 6.07) is 0. The molecule has 0 spiro atoms. The Morgan fingerprint density at radius 2 is 2.12 bits per heavy atom. The third kappa shape index (κ3) is 6.37. The van der Waals surface area contributed by atoms with E-state index in [0.29, 0.717) is 18.3 Å². The lowest BCUT2D eigenvalue weighted by molar-refractivity contribution is -0.125. The Morgan fingerprint density at radius 3 is 2.81 bits per heavy atom. The predicted octanol–water partition coefficient (Wildman–Crippen LogP) is 2.11. The summed E-state index contributed by atoms with van der Waals surface area (Å²) in [6.07, 6.45) is 4.21. The van der Waals surface area contributed by atoms with Crippen molar-refractivity contribution in [2.75, 3.05) is 25.5 Å². The van der Waals surface area contributed by atoms with Gasteiger partial charge in [-0.25, -0.2) is 9.97 Å². The van der Waals surface area contributed by atoms with E-state index in [1.54, 1.807) is 0 Å². The molecule has 0 bridgehead atoms. The Balaban J connectivity index is 0.00000163. The first-order valence-corrected chi connectivity index (χ1v) is 8.88. The molecule has 142 valence electrons. The molecule has 0 aromatic carbocycles. The first kappa shape index (κ1) is 21.5. The SMILES string of the molecule is CC.CC(C)CCOCC(=O)NCC#Cc1cn(C)c2ncnc(N)c12. The molecule has 3 N–H and O–H groups in total. The fourth-order valence-corrected chi connectivity index (χ4v) is 2.15. The summed E-state index contributed by atoms with van der Waals surface area (Å²) >= 11 is 0. The van der Waals surface area contributed by atoms with Gasteiger partial charge in [-0.3, -0.25) is 4.79 Å². The molecule has 0 aliphatic rings. The van der Waals surface area contributed by atoms with Crippen LogP contribution >= 0.6 is 0 Å². The number of carbonyl (C=O) groups excluding carboxylic acids is 1. The zero-order valence-corrected chi connectivity index (χ0v) is 16.3. The highest BCUT2D eigenvalue weighted by atomic mass is 16.5. The highest BCUT2D eigenvalue weighted by molar-refractivity contribution is 5.92. The molecule has 2 heterocycles.